The van der Waals surface area contributed by atoms with Gasteiger partial charge in [0.15, 0.2) is 11.5 Å². The van der Waals surface area contributed by atoms with E-state index in [4.69, 9.17) is 9.47 Å². The lowest BCUT2D eigenvalue weighted by atomic mass is 10.0. The predicted octanol–water partition coefficient (Wildman–Crippen LogP) is 6.99. The van der Waals surface area contributed by atoms with E-state index in [1.807, 2.05) is 36.4 Å². The van der Waals surface area contributed by atoms with E-state index in [0.29, 0.717) is 19.6 Å². The van der Waals surface area contributed by atoms with Gasteiger partial charge in [0.25, 0.3) is 0 Å². The van der Waals surface area contributed by atoms with Gasteiger partial charge in [-0.3, -0.25) is 0 Å². The van der Waals surface area contributed by atoms with E-state index in [2.05, 4.69) is 65.9 Å². The van der Waals surface area contributed by atoms with Crippen LogP contribution in [0, 0.1) is 13.8 Å². The Balaban J connectivity index is 1.82. The minimum Gasteiger partial charge on any atom is -0.493 e. The molecule has 0 aliphatic carbocycles. The zero-order valence-corrected chi connectivity index (χ0v) is 19.4. The molecule has 0 aliphatic rings. The number of hydrogen-bond acceptors (Lipinski definition) is 3. The van der Waals surface area contributed by atoms with Crippen LogP contribution in [-0.4, -0.2) is 7.11 Å². The van der Waals surface area contributed by atoms with Crippen LogP contribution in [-0.2, 0) is 19.6 Å². The number of allylic oxidation sites excluding steroid dienone is 1. The average molecular weight is 466 g/mol. The fourth-order valence-corrected chi connectivity index (χ4v) is 3.59. The van der Waals surface area contributed by atoms with Crippen LogP contribution in [0.2, 0.25) is 0 Å². The van der Waals surface area contributed by atoms with Crippen molar-refractivity contribution in [2.24, 2.45) is 0 Å². The summed E-state index contributed by atoms with van der Waals surface area (Å²) in [5.41, 5.74) is 7.01. The molecule has 0 unspecified atom stereocenters. The number of anilines is 1. The van der Waals surface area contributed by atoms with Crippen LogP contribution in [0.4, 0.5) is 5.69 Å². The van der Waals surface area contributed by atoms with Crippen LogP contribution in [0.25, 0.3) is 0 Å². The van der Waals surface area contributed by atoms with Crippen molar-refractivity contribution in [2.75, 3.05) is 12.4 Å². The van der Waals surface area contributed by atoms with Crippen molar-refractivity contribution in [3.63, 3.8) is 0 Å². The topological polar surface area (TPSA) is 30.5 Å². The summed E-state index contributed by atoms with van der Waals surface area (Å²) in [6.45, 7) is 9.36. The third-order valence-electron chi connectivity index (χ3n) is 5.16. The largest absolute Gasteiger partial charge is 0.493 e. The Hall–Kier alpha value is -2.72. The van der Waals surface area contributed by atoms with E-state index in [9.17, 15) is 0 Å². The maximum absolute atomic E-state index is 6.18. The molecule has 3 nitrogen and oxygen atoms in total. The normalized spacial score (nSPS) is 10.5. The Morgan fingerprint density at radius 2 is 1.80 bits per heavy atom. The molecule has 0 radical (unpaired) electrons. The molecule has 4 heteroatoms. The maximum atomic E-state index is 6.18. The highest BCUT2D eigenvalue weighted by Crippen LogP contribution is 2.35. The van der Waals surface area contributed by atoms with E-state index in [1.54, 1.807) is 7.11 Å². The molecule has 0 saturated heterocycles. The number of hydrogen-bond donors (Lipinski definition) is 1. The van der Waals surface area contributed by atoms with Gasteiger partial charge in [-0.25, -0.2) is 0 Å². The molecular formula is C26H28BrNO2. The second-order valence-electron chi connectivity index (χ2n) is 7.30. The van der Waals surface area contributed by atoms with Gasteiger partial charge in [0, 0.05) is 22.3 Å². The molecule has 0 heterocycles. The van der Waals surface area contributed by atoms with Gasteiger partial charge >= 0.3 is 0 Å². The number of benzene rings is 3. The number of ether oxygens (including phenoxy) is 2. The predicted molar refractivity (Wildman–Crippen MR) is 129 cm³/mol. The first-order valence-electron chi connectivity index (χ1n) is 9.99. The summed E-state index contributed by atoms with van der Waals surface area (Å²) in [4.78, 5) is 0. The highest BCUT2D eigenvalue weighted by Gasteiger charge is 2.13. The van der Waals surface area contributed by atoms with Gasteiger partial charge in [-0.05, 0) is 72.9 Å². The van der Waals surface area contributed by atoms with Crippen molar-refractivity contribution < 1.29 is 9.47 Å². The first-order valence-corrected chi connectivity index (χ1v) is 10.8. The number of methoxy groups -OCH3 is 1. The lowest BCUT2D eigenvalue weighted by Crippen LogP contribution is -2.05. The second-order valence-corrected chi connectivity index (χ2v) is 8.21. The molecule has 0 aliphatic heterocycles. The van der Waals surface area contributed by atoms with Crippen molar-refractivity contribution in [2.45, 2.75) is 33.4 Å². The Morgan fingerprint density at radius 3 is 2.50 bits per heavy atom. The molecule has 0 saturated carbocycles. The zero-order chi connectivity index (χ0) is 21.5. The molecule has 1 N–H and O–H groups in total. The lowest BCUT2D eigenvalue weighted by Gasteiger charge is -2.18. The number of aryl methyl sites for hydroxylation is 1. The number of rotatable bonds is 9. The molecule has 0 amide bonds. The van der Waals surface area contributed by atoms with Crippen molar-refractivity contribution in [1.29, 1.82) is 0 Å². The monoisotopic (exact) mass is 465 g/mol. The lowest BCUT2D eigenvalue weighted by molar-refractivity contribution is 0.281. The number of nitrogens with one attached hydrogen (secondary N) is 1. The average Bonchev–Trinajstić information content (AvgIpc) is 2.75. The molecule has 156 valence electrons. The minimum atomic E-state index is 0.480. The van der Waals surface area contributed by atoms with E-state index < -0.39 is 0 Å². The first kappa shape index (κ1) is 22.0. The summed E-state index contributed by atoms with van der Waals surface area (Å²) in [6, 6.07) is 18.7. The molecule has 0 aromatic heterocycles. The molecule has 0 atom stereocenters. The van der Waals surface area contributed by atoms with Gasteiger partial charge in [-0.15, -0.1) is 6.58 Å². The zero-order valence-electron chi connectivity index (χ0n) is 17.8. The van der Waals surface area contributed by atoms with Crippen molar-refractivity contribution in [1.82, 2.24) is 0 Å². The summed E-state index contributed by atoms with van der Waals surface area (Å²) in [5.74, 6) is 1.51. The summed E-state index contributed by atoms with van der Waals surface area (Å²) in [6.07, 6.45) is 2.60. The summed E-state index contributed by atoms with van der Waals surface area (Å²) >= 11 is 3.47. The van der Waals surface area contributed by atoms with Crippen LogP contribution in [0.3, 0.4) is 0 Å². The molecule has 0 bridgehead atoms. The second kappa shape index (κ2) is 10.4. The SMILES string of the molecule is C=CCc1cc(CNc2cccc(C)c2C)cc(OC)c1OCc1ccc(Br)cc1. The summed E-state index contributed by atoms with van der Waals surface area (Å²) < 4.78 is 12.9. The van der Waals surface area contributed by atoms with Crippen molar-refractivity contribution in [3.05, 3.63) is 99.5 Å². The van der Waals surface area contributed by atoms with Gasteiger partial charge in [0.05, 0.1) is 7.11 Å². The first-order chi connectivity index (χ1) is 14.5. The van der Waals surface area contributed by atoms with Gasteiger partial charge in [-0.1, -0.05) is 46.3 Å². The van der Waals surface area contributed by atoms with Crippen molar-refractivity contribution >= 4 is 21.6 Å². The summed E-state index contributed by atoms with van der Waals surface area (Å²) in [5, 5.41) is 3.55. The van der Waals surface area contributed by atoms with Gasteiger partial charge < -0.3 is 14.8 Å². The molecule has 3 aromatic rings. The van der Waals surface area contributed by atoms with Gasteiger partial charge in [0.1, 0.15) is 6.61 Å². The van der Waals surface area contributed by atoms with Gasteiger partial charge in [-0.2, -0.15) is 0 Å². The van der Waals surface area contributed by atoms with Crippen LogP contribution in [0.5, 0.6) is 11.5 Å². The maximum Gasteiger partial charge on any atom is 0.165 e. The van der Waals surface area contributed by atoms with E-state index in [-0.39, 0.29) is 0 Å². The Bertz CT molecular complexity index is 1010. The van der Waals surface area contributed by atoms with E-state index in [1.165, 1.54) is 11.1 Å². The highest BCUT2D eigenvalue weighted by atomic mass is 79.9. The Kier molecular flexibility index (Phi) is 7.58. The van der Waals surface area contributed by atoms with E-state index in [0.717, 1.165) is 38.3 Å². The fraction of sp³-hybridized carbons (Fsp3) is 0.231. The third-order valence-corrected chi connectivity index (χ3v) is 5.69. The van der Waals surface area contributed by atoms with Crippen molar-refractivity contribution in [3.8, 4) is 11.5 Å². The van der Waals surface area contributed by atoms with E-state index >= 15 is 0 Å². The quantitative estimate of drug-likeness (QED) is 0.345. The van der Waals surface area contributed by atoms with Crippen LogP contribution in [0.1, 0.15) is 27.8 Å². The molecule has 0 spiro atoms. The Labute approximate surface area is 187 Å². The molecule has 3 rings (SSSR count). The van der Waals surface area contributed by atoms with Crippen LogP contribution in [0.15, 0.2) is 71.7 Å². The fourth-order valence-electron chi connectivity index (χ4n) is 3.32. The van der Waals surface area contributed by atoms with Crippen LogP contribution >= 0.6 is 15.9 Å². The minimum absolute atomic E-state index is 0.480. The molecule has 30 heavy (non-hydrogen) atoms. The standard InChI is InChI=1S/C26H28BrNO2/c1-5-7-22-14-21(16-28-24-9-6-8-18(2)19(24)3)15-25(29-4)26(22)30-17-20-10-12-23(27)13-11-20/h5-6,8-15,28H,1,7,16-17H2,2-4H3. The Morgan fingerprint density at radius 1 is 1.03 bits per heavy atom. The smallest absolute Gasteiger partial charge is 0.165 e. The third kappa shape index (κ3) is 5.45. The molecule has 0 fully saturated rings. The molecule has 3 aromatic carbocycles. The highest BCUT2D eigenvalue weighted by molar-refractivity contribution is 9.10. The summed E-state index contributed by atoms with van der Waals surface area (Å²) in [7, 11) is 1.68. The molecular weight excluding hydrogens is 438 g/mol. The van der Waals surface area contributed by atoms with Crippen LogP contribution < -0.4 is 14.8 Å². The number of halogens is 1. The van der Waals surface area contributed by atoms with Gasteiger partial charge in [0.2, 0.25) is 0 Å².